The highest BCUT2D eigenvalue weighted by atomic mass is 19.1. The third kappa shape index (κ3) is 3.79. The van der Waals surface area contributed by atoms with Crippen molar-refractivity contribution in [3.05, 3.63) is 101 Å². The zero-order chi connectivity index (χ0) is 23.8. The van der Waals surface area contributed by atoms with Crippen molar-refractivity contribution >= 4 is 28.4 Å². The Morgan fingerprint density at radius 3 is 2.65 bits per heavy atom. The van der Waals surface area contributed by atoms with E-state index < -0.39 is 29.4 Å². The number of benzene rings is 2. The van der Waals surface area contributed by atoms with E-state index in [0.717, 1.165) is 22.1 Å². The summed E-state index contributed by atoms with van der Waals surface area (Å²) in [6, 6.07) is 14.5. The van der Waals surface area contributed by atoms with Gasteiger partial charge in [-0.15, -0.1) is 0 Å². The van der Waals surface area contributed by atoms with Gasteiger partial charge in [-0.2, -0.15) is 0 Å². The maximum atomic E-state index is 13.6. The Hall–Kier alpha value is -4.13. The topological polar surface area (TPSA) is 83.1 Å². The number of aryl methyl sites for hydroxylation is 1. The monoisotopic (exact) mass is 455 g/mol. The molecule has 1 aliphatic heterocycles. The summed E-state index contributed by atoms with van der Waals surface area (Å²) in [6.07, 6.45) is 5.20. The molecule has 0 saturated carbocycles. The number of H-pyrrole nitrogens is 1. The molecule has 6 nitrogen and oxygen atoms in total. The Morgan fingerprint density at radius 1 is 1.12 bits per heavy atom. The lowest BCUT2D eigenvalue weighted by atomic mass is 9.86. The van der Waals surface area contributed by atoms with Crippen molar-refractivity contribution in [2.75, 3.05) is 6.54 Å². The summed E-state index contributed by atoms with van der Waals surface area (Å²) in [4.78, 5) is 48.1. The molecule has 4 aromatic rings. The minimum atomic E-state index is -1.14. The van der Waals surface area contributed by atoms with Gasteiger partial charge >= 0.3 is 0 Å². The molecule has 2 aromatic carbocycles. The largest absolute Gasteiger partial charge is 0.361 e. The first-order chi connectivity index (χ1) is 16.4. The van der Waals surface area contributed by atoms with Gasteiger partial charge in [-0.05, 0) is 54.8 Å². The second-order valence-electron chi connectivity index (χ2n) is 8.56. The summed E-state index contributed by atoms with van der Waals surface area (Å²) < 4.78 is 13.6. The number of hydrogen-bond acceptors (Lipinski definition) is 4. The maximum Gasteiger partial charge on any atom is 0.291 e. The third-order valence-corrected chi connectivity index (χ3v) is 6.40. The van der Waals surface area contributed by atoms with Crippen molar-refractivity contribution in [2.45, 2.75) is 19.4 Å². The highest BCUT2D eigenvalue weighted by Crippen LogP contribution is 2.38. The predicted molar refractivity (Wildman–Crippen MR) is 125 cm³/mol. The molecule has 170 valence electrons. The van der Waals surface area contributed by atoms with Gasteiger partial charge in [-0.3, -0.25) is 19.4 Å². The molecule has 1 saturated heterocycles. The number of aromatic amines is 1. The molecule has 0 bridgehead atoms. The van der Waals surface area contributed by atoms with Gasteiger partial charge in [-0.25, -0.2) is 4.39 Å². The van der Waals surface area contributed by atoms with E-state index in [4.69, 9.17) is 0 Å². The van der Waals surface area contributed by atoms with Crippen molar-refractivity contribution < 1.29 is 18.8 Å². The number of amides is 1. The summed E-state index contributed by atoms with van der Waals surface area (Å²) in [5.41, 5.74) is 3.63. The number of carbonyl (C=O) groups is 3. The van der Waals surface area contributed by atoms with Crippen LogP contribution in [0.3, 0.4) is 0 Å². The number of nitrogens with zero attached hydrogens (tertiary/aromatic N) is 2. The Balaban J connectivity index is 1.50. The van der Waals surface area contributed by atoms with Crippen LogP contribution in [-0.4, -0.2) is 38.9 Å². The number of nitrogens with one attached hydrogen (secondary N) is 1. The number of aromatic nitrogens is 2. The van der Waals surface area contributed by atoms with E-state index in [-0.39, 0.29) is 12.4 Å². The zero-order valence-corrected chi connectivity index (χ0v) is 18.5. The zero-order valence-electron chi connectivity index (χ0n) is 18.5. The van der Waals surface area contributed by atoms with Crippen molar-refractivity contribution in [3.8, 4) is 0 Å². The molecular weight excluding hydrogens is 433 g/mol. The molecule has 2 aromatic heterocycles. The summed E-state index contributed by atoms with van der Waals surface area (Å²) in [5.74, 6) is -3.27. The fraction of sp³-hybridized carbons (Fsp3) is 0.185. The van der Waals surface area contributed by atoms with Crippen LogP contribution in [0, 0.1) is 18.7 Å². The number of likely N-dealkylation sites (tertiary alicyclic amines) is 1. The predicted octanol–water partition coefficient (Wildman–Crippen LogP) is 4.20. The minimum Gasteiger partial charge on any atom is -0.361 e. The molecule has 1 fully saturated rings. The fourth-order valence-electron chi connectivity index (χ4n) is 4.66. The second-order valence-corrected chi connectivity index (χ2v) is 8.56. The number of fused-ring (bicyclic) bond motifs is 1. The van der Waals surface area contributed by atoms with Crippen molar-refractivity contribution in [3.63, 3.8) is 0 Å². The molecule has 34 heavy (non-hydrogen) atoms. The first kappa shape index (κ1) is 21.7. The van der Waals surface area contributed by atoms with Crippen LogP contribution in [0.15, 0.2) is 73.2 Å². The Morgan fingerprint density at radius 2 is 1.91 bits per heavy atom. The number of ketones is 2. The van der Waals surface area contributed by atoms with Gasteiger partial charge in [0.15, 0.2) is 5.78 Å². The third-order valence-electron chi connectivity index (χ3n) is 6.40. The average Bonchev–Trinajstić information content (AvgIpc) is 3.36. The Labute approximate surface area is 195 Å². The van der Waals surface area contributed by atoms with Crippen molar-refractivity contribution in [1.29, 1.82) is 0 Å². The van der Waals surface area contributed by atoms with E-state index in [1.54, 1.807) is 30.6 Å². The van der Waals surface area contributed by atoms with Crippen LogP contribution < -0.4 is 0 Å². The van der Waals surface area contributed by atoms with Crippen LogP contribution in [-0.2, 0) is 16.0 Å². The van der Waals surface area contributed by atoms with E-state index in [9.17, 15) is 18.8 Å². The molecule has 0 spiro atoms. The number of halogens is 1. The van der Waals surface area contributed by atoms with Gasteiger partial charge in [0.1, 0.15) is 11.7 Å². The molecular formula is C27H22FN3O3. The molecule has 5 rings (SSSR count). The quantitative estimate of drug-likeness (QED) is 0.268. The number of pyridine rings is 1. The standard InChI is InChI=1S/C27H22FN3O3/c1-16-4-6-17(7-5-16)24-23(25(32)19-3-2-11-29-14-19)26(33)27(34)31(24)12-10-18-15-30-22-13-20(28)8-9-21(18)22/h2-9,11,13-15,23-24,30H,10,12H2,1H3. The van der Waals surface area contributed by atoms with E-state index in [1.165, 1.54) is 23.2 Å². The Bertz CT molecular complexity index is 1400. The summed E-state index contributed by atoms with van der Waals surface area (Å²) in [7, 11) is 0. The van der Waals surface area contributed by atoms with Gasteiger partial charge in [0.05, 0.1) is 6.04 Å². The molecule has 3 heterocycles. The molecule has 2 atom stereocenters. The molecule has 1 amide bonds. The summed E-state index contributed by atoms with van der Waals surface area (Å²) in [6.45, 7) is 2.19. The fourth-order valence-corrected chi connectivity index (χ4v) is 4.66. The maximum absolute atomic E-state index is 13.6. The highest BCUT2D eigenvalue weighted by molar-refractivity contribution is 6.44. The number of Topliss-reactive ketones (excluding diaryl/α,β-unsaturated/α-hetero) is 2. The number of rotatable bonds is 6. The van der Waals surface area contributed by atoms with Gasteiger partial charge in [0, 0.05) is 41.6 Å². The number of hydrogen-bond donors (Lipinski definition) is 1. The smallest absolute Gasteiger partial charge is 0.291 e. The lowest BCUT2D eigenvalue weighted by Gasteiger charge is -2.27. The van der Waals surface area contributed by atoms with Gasteiger partial charge in [-0.1, -0.05) is 29.8 Å². The van der Waals surface area contributed by atoms with Gasteiger partial charge in [0.25, 0.3) is 5.91 Å². The molecule has 0 radical (unpaired) electrons. The lowest BCUT2D eigenvalue weighted by Crippen LogP contribution is -2.32. The minimum absolute atomic E-state index is 0.240. The van der Waals surface area contributed by atoms with E-state index >= 15 is 0 Å². The van der Waals surface area contributed by atoms with Crippen LogP contribution in [0.25, 0.3) is 10.9 Å². The van der Waals surface area contributed by atoms with E-state index in [0.29, 0.717) is 17.5 Å². The van der Waals surface area contributed by atoms with Crippen molar-refractivity contribution in [1.82, 2.24) is 14.9 Å². The summed E-state index contributed by atoms with van der Waals surface area (Å²) >= 11 is 0. The Kier molecular flexibility index (Phi) is 5.53. The molecule has 2 unspecified atom stereocenters. The van der Waals surface area contributed by atoms with E-state index in [2.05, 4.69) is 9.97 Å². The van der Waals surface area contributed by atoms with Gasteiger partial charge in [0.2, 0.25) is 5.78 Å². The number of carbonyl (C=O) groups excluding carboxylic acids is 3. The summed E-state index contributed by atoms with van der Waals surface area (Å²) in [5, 5.41) is 0.856. The lowest BCUT2D eigenvalue weighted by molar-refractivity contribution is -0.140. The van der Waals surface area contributed by atoms with E-state index in [1.807, 2.05) is 31.2 Å². The molecule has 1 aliphatic rings. The van der Waals surface area contributed by atoms with Crippen LogP contribution in [0.5, 0.6) is 0 Å². The first-order valence-corrected chi connectivity index (χ1v) is 11.0. The van der Waals surface area contributed by atoms with Gasteiger partial charge < -0.3 is 9.88 Å². The van der Waals surface area contributed by atoms with Crippen molar-refractivity contribution in [2.24, 2.45) is 5.92 Å². The normalized spacial score (nSPS) is 18.1. The molecule has 0 aliphatic carbocycles. The average molecular weight is 455 g/mol. The van der Waals surface area contributed by atoms with Crippen LogP contribution in [0.4, 0.5) is 4.39 Å². The molecule has 1 N–H and O–H groups in total. The second kappa shape index (κ2) is 8.67. The first-order valence-electron chi connectivity index (χ1n) is 11.0. The molecule has 7 heteroatoms. The van der Waals surface area contributed by atoms with Crippen LogP contribution in [0.1, 0.15) is 33.1 Å². The van der Waals surface area contributed by atoms with Crippen LogP contribution in [0.2, 0.25) is 0 Å². The highest BCUT2D eigenvalue weighted by Gasteiger charge is 2.51. The SMILES string of the molecule is Cc1ccc(C2C(C(=O)c3cccnc3)C(=O)C(=O)N2CCc2c[nH]c3cc(F)ccc23)cc1. The van der Waals surface area contributed by atoms with Crippen LogP contribution >= 0.6 is 0 Å².